The van der Waals surface area contributed by atoms with Crippen LogP contribution in [0.15, 0.2) is 29.2 Å². The average molecular weight is 319 g/mol. The number of fused-ring (bicyclic) bond motifs is 1. The maximum absolute atomic E-state index is 13.0. The minimum Gasteiger partial charge on any atom is -0.297 e. The van der Waals surface area contributed by atoms with E-state index in [0.717, 1.165) is 32.4 Å². The summed E-state index contributed by atoms with van der Waals surface area (Å²) in [7, 11) is -3.54. The van der Waals surface area contributed by atoms with Crippen LogP contribution < -0.4 is 0 Å². The second-order valence-corrected chi connectivity index (χ2v) is 7.96. The van der Waals surface area contributed by atoms with E-state index in [1.165, 1.54) is 6.07 Å². The summed E-state index contributed by atoms with van der Waals surface area (Å²) in [6.07, 6.45) is 3.03. The van der Waals surface area contributed by atoms with Crippen LogP contribution in [0.4, 0.5) is 0 Å². The molecule has 2 fully saturated rings. The third-order valence-electron chi connectivity index (χ3n) is 4.78. The number of hydrogen-bond acceptors (Lipinski definition) is 4. The van der Waals surface area contributed by atoms with E-state index < -0.39 is 10.0 Å². The molecule has 0 bridgehead atoms. The number of nitrogens with zero attached hydrogens (tertiary/aromatic N) is 3. The maximum atomic E-state index is 13.0. The summed E-state index contributed by atoms with van der Waals surface area (Å²) in [4.78, 5) is 2.66. The smallest absolute Gasteiger partial charge is 0.243 e. The first kappa shape index (κ1) is 15.5. The Morgan fingerprint density at radius 3 is 2.91 bits per heavy atom. The van der Waals surface area contributed by atoms with Crippen LogP contribution in [0.5, 0.6) is 0 Å². The molecule has 0 unspecified atom stereocenters. The van der Waals surface area contributed by atoms with E-state index in [1.54, 1.807) is 22.5 Å². The Morgan fingerprint density at radius 2 is 2.18 bits per heavy atom. The van der Waals surface area contributed by atoms with Crippen molar-refractivity contribution >= 4 is 10.0 Å². The van der Waals surface area contributed by atoms with Gasteiger partial charge in [0, 0.05) is 25.2 Å². The van der Waals surface area contributed by atoms with Crippen molar-refractivity contribution in [1.29, 1.82) is 5.26 Å². The molecule has 0 aromatic heterocycles. The Bertz CT molecular complexity index is 696. The van der Waals surface area contributed by atoms with Crippen LogP contribution >= 0.6 is 0 Å². The number of hydrogen-bond donors (Lipinski definition) is 0. The number of nitriles is 1. The zero-order chi connectivity index (χ0) is 15.7. The number of piperazine rings is 1. The lowest BCUT2D eigenvalue weighted by molar-refractivity contribution is 0.106. The van der Waals surface area contributed by atoms with Crippen LogP contribution in [0.25, 0.3) is 0 Å². The van der Waals surface area contributed by atoms with Crippen LogP contribution in [0.2, 0.25) is 0 Å². The van der Waals surface area contributed by atoms with E-state index in [-0.39, 0.29) is 10.9 Å². The first-order chi connectivity index (χ1) is 10.6. The predicted molar refractivity (Wildman–Crippen MR) is 83.7 cm³/mol. The van der Waals surface area contributed by atoms with Crippen molar-refractivity contribution in [3.8, 4) is 6.07 Å². The van der Waals surface area contributed by atoms with Gasteiger partial charge in [-0.25, -0.2) is 8.42 Å². The van der Waals surface area contributed by atoms with Gasteiger partial charge in [-0.2, -0.15) is 9.57 Å². The van der Waals surface area contributed by atoms with Gasteiger partial charge >= 0.3 is 0 Å². The van der Waals surface area contributed by atoms with Gasteiger partial charge in [0.1, 0.15) is 0 Å². The molecule has 0 spiro atoms. The molecule has 0 amide bonds. The van der Waals surface area contributed by atoms with E-state index in [4.69, 9.17) is 5.26 Å². The molecule has 2 heterocycles. The molecule has 3 rings (SSSR count). The Hall–Kier alpha value is -1.42. The molecule has 1 aromatic rings. The SMILES string of the molecule is CC[C@H]1CN2CCC[C@H]2CN1S(=O)(=O)c1cccc(C#N)c1. The minimum absolute atomic E-state index is 0.0186. The zero-order valence-electron chi connectivity index (χ0n) is 12.8. The number of benzene rings is 1. The molecule has 0 N–H and O–H groups in total. The summed E-state index contributed by atoms with van der Waals surface area (Å²) < 4.78 is 27.7. The Labute approximate surface area is 132 Å². The molecule has 0 radical (unpaired) electrons. The van der Waals surface area contributed by atoms with Crippen LogP contribution in [-0.2, 0) is 10.0 Å². The van der Waals surface area contributed by atoms with Crippen molar-refractivity contribution in [2.24, 2.45) is 0 Å². The topological polar surface area (TPSA) is 64.4 Å². The molecule has 22 heavy (non-hydrogen) atoms. The van der Waals surface area contributed by atoms with Crippen molar-refractivity contribution in [2.75, 3.05) is 19.6 Å². The second kappa shape index (κ2) is 5.99. The first-order valence-corrected chi connectivity index (χ1v) is 9.26. The Balaban J connectivity index is 1.94. The molecule has 2 saturated heterocycles. The number of sulfonamides is 1. The summed E-state index contributed by atoms with van der Waals surface area (Å²) in [5, 5.41) is 8.99. The Morgan fingerprint density at radius 1 is 1.36 bits per heavy atom. The van der Waals surface area contributed by atoms with Gasteiger partial charge in [-0.15, -0.1) is 0 Å². The van der Waals surface area contributed by atoms with E-state index >= 15 is 0 Å². The fourth-order valence-corrected chi connectivity index (χ4v) is 5.32. The van der Waals surface area contributed by atoms with Crippen molar-refractivity contribution in [3.63, 3.8) is 0 Å². The van der Waals surface area contributed by atoms with Crippen molar-refractivity contribution < 1.29 is 8.42 Å². The van der Waals surface area contributed by atoms with Crippen molar-refractivity contribution in [3.05, 3.63) is 29.8 Å². The molecule has 0 aliphatic carbocycles. The normalized spacial score (nSPS) is 26.5. The highest BCUT2D eigenvalue weighted by molar-refractivity contribution is 7.89. The molecule has 2 aliphatic rings. The summed E-state index contributed by atoms with van der Waals surface area (Å²) in [5.74, 6) is 0. The highest BCUT2D eigenvalue weighted by Gasteiger charge is 2.41. The van der Waals surface area contributed by atoms with Gasteiger partial charge in [0.25, 0.3) is 0 Å². The lowest BCUT2D eigenvalue weighted by atomic mass is 10.1. The fraction of sp³-hybridized carbons (Fsp3) is 0.562. The highest BCUT2D eigenvalue weighted by Crippen LogP contribution is 2.30. The van der Waals surface area contributed by atoms with Crippen LogP contribution in [0.1, 0.15) is 31.7 Å². The Kier molecular flexibility index (Phi) is 4.22. The summed E-state index contributed by atoms with van der Waals surface area (Å²) in [5.41, 5.74) is 0.383. The molecule has 0 saturated carbocycles. The average Bonchev–Trinajstić information content (AvgIpc) is 3.01. The number of rotatable bonds is 3. The van der Waals surface area contributed by atoms with Crippen molar-refractivity contribution in [1.82, 2.24) is 9.21 Å². The molecule has 6 heteroatoms. The highest BCUT2D eigenvalue weighted by atomic mass is 32.2. The summed E-state index contributed by atoms with van der Waals surface area (Å²) in [6.45, 7) is 4.50. The molecule has 118 valence electrons. The van der Waals surface area contributed by atoms with Gasteiger partial charge in [0.2, 0.25) is 10.0 Å². The van der Waals surface area contributed by atoms with Gasteiger partial charge in [0.15, 0.2) is 0 Å². The third-order valence-corrected chi connectivity index (χ3v) is 6.70. The lowest BCUT2D eigenvalue weighted by Crippen LogP contribution is -2.57. The molecule has 2 atom stereocenters. The standard InChI is InChI=1S/C16H21N3O2S/c1-2-14-11-18-8-4-6-15(18)12-19(14)22(20,21)16-7-3-5-13(9-16)10-17/h3,5,7,9,14-15H,2,4,6,8,11-12H2,1H3/t14-,15-/m0/s1. The van der Waals surface area contributed by atoms with Gasteiger partial charge in [-0.3, -0.25) is 4.90 Å². The summed E-state index contributed by atoms with van der Waals surface area (Å²) in [6, 6.07) is 8.71. The summed E-state index contributed by atoms with van der Waals surface area (Å²) >= 11 is 0. The quantitative estimate of drug-likeness (QED) is 0.852. The van der Waals surface area contributed by atoms with Crippen LogP contribution in [0.3, 0.4) is 0 Å². The van der Waals surface area contributed by atoms with Crippen LogP contribution in [0, 0.1) is 11.3 Å². The predicted octanol–water partition coefficient (Wildman–Crippen LogP) is 1.81. The maximum Gasteiger partial charge on any atom is 0.243 e. The largest absolute Gasteiger partial charge is 0.297 e. The van der Waals surface area contributed by atoms with Gasteiger partial charge in [-0.05, 0) is 44.0 Å². The molecule has 2 aliphatic heterocycles. The second-order valence-electron chi connectivity index (χ2n) is 6.07. The van der Waals surface area contributed by atoms with Gasteiger partial charge in [-0.1, -0.05) is 13.0 Å². The first-order valence-electron chi connectivity index (χ1n) is 7.82. The van der Waals surface area contributed by atoms with Crippen LogP contribution in [-0.4, -0.2) is 49.3 Å². The monoisotopic (exact) mass is 319 g/mol. The van der Waals surface area contributed by atoms with Crippen molar-refractivity contribution in [2.45, 2.75) is 43.2 Å². The fourth-order valence-electron chi connectivity index (χ4n) is 3.55. The lowest BCUT2D eigenvalue weighted by Gasteiger charge is -2.42. The van der Waals surface area contributed by atoms with Gasteiger partial charge < -0.3 is 0 Å². The molecule has 5 nitrogen and oxygen atoms in total. The molecule has 1 aromatic carbocycles. The van der Waals surface area contributed by atoms with E-state index in [0.29, 0.717) is 18.2 Å². The van der Waals surface area contributed by atoms with E-state index in [2.05, 4.69) is 4.90 Å². The van der Waals surface area contributed by atoms with E-state index in [1.807, 2.05) is 13.0 Å². The molecular formula is C16H21N3O2S. The zero-order valence-corrected chi connectivity index (χ0v) is 13.6. The molecular weight excluding hydrogens is 298 g/mol. The van der Waals surface area contributed by atoms with Gasteiger partial charge in [0.05, 0.1) is 16.5 Å². The minimum atomic E-state index is -3.54. The van der Waals surface area contributed by atoms with E-state index in [9.17, 15) is 8.42 Å². The third kappa shape index (κ3) is 2.65.